The van der Waals surface area contributed by atoms with E-state index in [1.54, 1.807) is 0 Å². The third-order valence-electron chi connectivity index (χ3n) is 2.81. The van der Waals surface area contributed by atoms with Gasteiger partial charge in [-0.15, -0.1) is 0 Å². The van der Waals surface area contributed by atoms with Gasteiger partial charge in [0.2, 0.25) is 10.0 Å². The Labute approximate surface area is 97.4 Å². The minimum absolute atomic E-state index is 0.0206. The van der Waals surface area contributed by atoms with Gasteiger partial charge in [0, 0.05) is 19.2 Å². The van der Waals surface area contributed by atoms with E-state index >= 15 is 0 Å². The molecule has 1 aliphatic heterocycles. The Bertz CT molecular complexity index is 304. The number of aliphatic hydroxyl groups excluding tert-OH is 1. The Balaban J connectivity index is 2.73. The Hall–Kier alpha value is -0.170. The fraction of sp³-hybridized carbons (Fsp3) is 1.00. The van der Waals surface area contributed by atoms with Gasteiger partial charge in [0.1, 0.15) is 0 Å². The average Bonchev–Trinajstić information content (AvgIpc) is 2.26. The molecule has 0 radical (unpaired) electrons. The van der Waals surface area contributed by atoms with Crippen molar-refractivity contribution in [1.29, 1.82) is 0 Å². The molecule has 1 fully saturated rings. The first-order valence-electron chi connectivity index (χ1n) is 5.73. The van der Waals surface area contributed by atoms with Gasteiger partial charge in [0.25, 0.3) is 0 Å². The first-order chi connectivity index (χ1) is 7.51. The van der Waals surface area contributed by atoms with E-state index < -0.39 is 10.0 Å². The molecule has 0 aromatic carbocycles. The van der Waals surface area contributed by atoms with Crippen LogP contribution in [0.1, 0.15) is 26.7 Å². The van der Waals surface area contributed by atoms with Crippen LogP contribution in [0.4, 0.5) is 0 Å². The molecule has 1 aliphatic rings. The second-order valence-corrected chi connectivity index (χ2v) is 6.21. The molecule has 16 heavy (non-hydrogen) atoms. The van der Waals surface area contributed by atoms with E-state index in [2.05, 4.69) is 0 Å². The molecule has 2 unspecified atom stereocenters. The third kappa shape index (κ3) is 3.41. The highest BCUT2D eigenvalue weighted by molar-refractivity contribution is 7.89. The summed E-state index contributed by atoms with van der Waals surface area (Å²) in [7, 11) is -3.25. The number of rotatable bonds is 5. The van der Waals surface area contributed by atoms with E-state index in [0.717, 1.165) is 6.42 Å². The highest BCUT2D eigenvalue weighted by Gasteiger charge is 2.33. The van der Waals surface area contributed by atoms with Gasteiger partial charge in [0.15, 0.2) is 0 Å². The van der Waals surface area contributed by atoms with Crippen LogP contribution in [-0.2, 0) is 14.8 Å². The van der Waals surface area contributed by atoms with Gasteiger partial charge in [-0.1, -0.05) is 6.92 Å². The minimum Gasteiger partial charge on any atom is -0.396 e. The summed E-state index contributed by atoms with van der Waals surface area (Å²) < 4.78 is 31.0. The molecule has 0 aromatic heterocycles. The van der Waals surface area contributed by atoms with E-state index in [1.807, 2.05) is 13.8 Å². The topological polar surface area (TPSA) is 66.8 Å². The molecule has 2 atom stereocenters. The van der Waals surface area contributed by atoms with Gasteiger partial charge in [-0.2, -0.15) is 4.31 Å². The zero-order valence-electron chi connectivity index (χ0n) is 9.92. The predicted octanol–water partition coefficient (Wildman–Crippen LogP) is 0.198. The normalized spacial score (nSPS) is 28.2. The lowest BCUT2D eigenvalue weighted by Gasteiger charge is -2.37. The number of hydrogen-bond acceptors (Lipinski definition) is 4. The maximum Gasteiger partial charge on any atom is 0.214 e. The fourth-order valence-corrected chi connectivity index (χ4v) is 3.67. The van der Waals surface area contributed by atoms with Gasteiger partial charge in [-0.25, -0.2) is 8.42 Å². The number of aliphatic hydroxyl groups is 1. The molecule has 0 bridgehead atoms. The monoisotopic (exact) mass is 251 g/mol. The summed E-state index contributed by atoms with van der Waals surface area (Å²) in [6.45, 7) is 4.64. The van der Waals surface area contributed by atoms with E-state index in [1.165, 1.54) is 4.31 Å². The SMILES string of the molecule is CCC1COC(C)CN1S(=O)(=O)CCCO. The summed E-state index contributed by atoms with van der Waals surface area (Å²) in [5, 5.41) is 8.70. The minimum atomic E-state index is -3.25. The molecule has 0 spiro atoms. The molecular weight excluding hydrogens is 230 g/mol. The van der Waals surface area contributed by atoms with Crippen molar-refractivity contribution in [2.45, 2.75) is 38.8 Å². The molecule has 0 amide bonds. The molecule has 1 saturated heterocycles. The Morgan fingerprint density at radius 3 is 2.75 bits per heavy atom. The lowest BCUT2D eigenvalue weighted by Crippen LogP contribution is -2.51. The summed E-state index contributed by atoms with van der Waals surface area (Å²) in [5.74, 6) is 0.0206. The van der Waals surface area contributed by atoms with Gasteiger partial charge in [0.05, 0.1) is 18.5 Å². The summed E-state index contributed by atoms with van der Waals surface area (Å²) in [6, 6.07) is -0.0557. The quantitative estimate of drug-likeness (QED) is 0.758. The zero-order valence-corrected chi connectivity index (χ0v) is 10.7. The van der Waals surface area contributed by atoms with Crippen LogP contribution in [0.25, 0.3) is 0 Å². The van der Waals surface area contributed by atoms with Crippen LogP contribution in [-0.4, -0.2) is 55.5 Å². The molecule has 96 valence electrons. The predicted molar refractivity (Wildman–Crippen MR) is 61.7 cm³/mol. The van der Waals surface area contributed by atoms with Crippen molar-refractivity contribution in [3.63, 3.8) is 0 Å². The number of hydrogen-bond donors (Lipinski definition) is 1. The molecule has 0 aromatic rings. The summed E-state index contributed by atoms with van der Waals surface area (Å²) in [6.07, 6.45) is 1.00. The summed E-state index contributed by atoms with van der Waals surface area (Å²) in [4.78, 5) is 0. The molecule has 0 aliphatic carbocycles. The Morgan fingerprint density at radius 2 is 2.19 bits per heavy atom. The first-order valence-corrected chi connectivity index (χ1v) is 7.34. The van der Waals surface area contributed by atoms with E-state index in [4.69, 9.17) is 9.84 Å². The molecule has 6 heteroatoms. The van der Waals surface area contributed by atoms with Crippen molar-refractivity contribution in [3.05, 3.63) is 0 Å². The number of morpholine rings is 1. The number of sulfonamides is 1. The third-order valence-corrected chi connectivity index (χ3v) is 4.77. The second-order valence-electron chi connectivity index (χ2n) is 4.17. The smallest absolute Gasteiger partial charge is 0.214 e. The van der Waals surface area contributed by atoms with Gasteiger partial charge in [-0.3, -0.25) is 0 Å². The van der Waals surface area contributed by atoms with Crippen LogP contribution in [0.3, 0.4) is 0 Å². The highest BCUT2D eigenvalue weighted by Crippen LogP contribution is 2.19. The molecular formula is C10H21NO4S. The van der Waals surface area contributed by atoms with Crippen LogP contribution in [0.5, 0.6) is 0 Å². The summed E-state index contributed by atoms with van der Waals surface area (Å²) in [5.41, 5.74) is 0. The van der Waals surface area contributed by atoms with Crippen LogP contribution in [0.2, 0.25) is 0 Å². The first kappa shape index (κ1) is 13.9. The van der Waals surface area contributed by atoms with Crippen LogP contribution < -0.4 is 0 Å². The number of ether oxygens (including phenoxy) is 1. The largest absolute Gasteiger partial charge is 0.396 e. The van der Waals surface area contributed by atoms with Crippen molar-refractivity contribution in [3.8, 4) is 0 Å². The Morgan fingerprint density at radius 1 is 1.50 bits per heavy atom. The molecule has 0 saturated carbocycles. The van der Waals surface area contributed by atoms with Crippen LogP contribution in [0, 0.1) is 0 Å². The lowest BCUT2D eigenvalue weighted by molar-refractivity contribution is -0.0230. The average molecular weight is 251 g/mol. The maximum atomic E-state index is 12.0. The molecule has 1 heterocycles. The lowest BCUT2D eigenvalue weighted by atomic mass is 10.2. The maximum absolute atomic E-state index is 12.0. The van der Waals surface area contributed by atoms with Crippen LogP contribution in [0.15, 0.2) is 0 Å². The van der Waals surface area contributed by atoms with Crippen molar-refractivity contribution < 1.29 is 18.3 Å². The zero-order chi connectivity index (χ0) is 12.2. The highest BCUT2D eigenvalue weighted by atomic mass is 32.2. The van der Waals surface area contributed by atoms with E-state index in [0.29, 0.717) is 19.6 Å². The van der Waals surface area contributed by atoms with Crippen molar-refractivity contribution in [1.82, 2.24) is 4.31 Å². The van der Waals surface area contributed by atoms with E-state index in [-0.39, 0.29) is 24.5 Å². The number of nitrogens with zero attached hydrogens (tertiary/aromatic N) is 1. The second kappa shape index (κ2) is 5.95. The molecule has 5 nitrogen and oxygen atoms in total. The van der Waals surface area contributed by atoms with Crippen molar-refractivity contribution >= 4 is 10.0 Å². The molecule has 1 rings (SSSR count). The van der Waals surface area contributed by atoms with Gasteiger partial charge < -0.3 is 9.84 Å². The Kier molecular flexibility index (Phi) is 5.17. The fourth-order valence-electron chi connectivity index (χ4n) is 1.84. The van der Waals surface area contributed by atoms with Crippen LogP contribution >= 0.6 is 0 Å². The van der Waals surface area contributed by atoms with Gasteiger partial charge in [-0.05, 0) is 19.8 Å². The standard InChI is InChI=1S/C10H21NO4S/c1-3-10-8-15-9(2)7-11(10)16(13,14)6-4-5-12/h9-10,12H,3-8H2,1-2H3. The van der Waals surface area contributed by atoms with E-state index in [9.17, 15) is 8.42 Å². The van der Waals surface area contributed by atoms with Crippen molar-refractivity contribution in [2.75, 3.05) is 25.5 Å². The summed E-state index contributed by atoms with van der Waals surface area (Å²) >= 11 is 0. The van der Waals surface area contributed by atoms with Gasteiger partial charge >= 0.3 is 0 Å². The molecule has 1 N–H and O–H groups in total. The van der Waals surface area contributed by atoms with Crippen molar-refractivity contribution in [2.24, 2.45) is 0 Å².